The van der Waals surface area contributed by atoms with E-state index in [1.165, 1.54) is 7.11 Å². The molecule has 218 valence electrons. The van der Waals surface area contributed by atoms with Gasteiger partial charge in [-0.2, -0.15) is 0 Å². The number of rotatable bonds is 7. The Balaban J connectivity index is 1.39. The number of ether oxygens (including phenoxy) is 4. The topological polar surface area (TPSA) is 86.8 Å². The summed E-state index contributed by atoms with van der Waals surface area (Å²) in [5.74, 6) is 1.09. The third-order valence-corrected chi connectivity index (χ3v) is 8.47. The van der Waals surface area contributed by atoms with Crippen LogP contribution in [0.25, 0.3) is 0 Å². The Morgan fingerprint density at radius 3 is 2.19 bits per heavy atom. The Morgan fingerprint density at radius 1 is 0.814 bits per heavy atom. The highest BCUT2D eigenvalue weighted by Gasteiger charge is 2.72. The van der Waals surface area contributed by atoms with Crippen molar-refractivity contribution in [3.63, 3.8) is 0 Å². The van der Waals surface area contributed by atoms with Gasteiger partial charge < -0.3 is 18.9 Å². The lowest BCUT2D eigenvalue weighted by Gasteiger charge is -2.51. The third kappa shape index (κ3) is 4.19. The summed E-state index contributed by atoms with van der Waals surface area (Å²) in [6.45, 7) is -0.0193. The molecule has 0 spiro atoms. The normalized spacial score (nSPS) is 25.6. The smallest absolute Gasteiger partial charge is 0.320 e. The van der Waals surface area contributed by atoms with Crippen molar-refractivity contribution in [1.82, 2.24) is 0 Å². The van der Waals surface area contributed by atoms with Crippen LogP contribution in [0.3, 0.4) is 0 Å². The number of amides is 1. The molecule has 0 aliphatic carbocycles. The summed E-state index contributed by atoms with van der Waals surface area (Å²) in [5.41, 5.74) is 0.807. The van der Waals surface area contributed by atoms with Gasteiger partial charge in [0.2, 0.25) is 6.10 Å². The molecule has 9 nitrogen and oxygen atoms in total. The zero-order valence-corrected chi connectivity index (χ0v) is 23.7. The number of hydrogen-bond acceptors (Lipinski definition) is 8. The number of esters is 1. The van der Waals surface area contributed by atoms with Crippen LogP contribution in [0.15, 0.2) is 109 Å². The third-order valence-electron chi connectivity index (χ3n) is 8.47. The molecule has 7 rings (SSSR count). The lowest BCUT2D eigenvalue weighted by atomic mass is 9.67. The van der Waals surface area contributed by atoms with Crippen molar-refractivity contribution in [3.8, 4) is 17.2 Å². The second kappa shape index (κ2) is 10.7. The Hall–Kier alpha value is -5.02. The number of hydrogen-bond donors (Lipinski definition) is 0. The molecule has 43 heavy (non-hydrogen) atoms. The van der Waals surface area contributed by atoms with Gasteiger partial charge in [0.05, 0.1) is 19.9 Å². The van der Waals surface area contributed by atoms with E-state index in [1.54, 1.807) is 53.5 Å². The van der Waals surface area contributed by atoms with Gasteiger partial charge in [-0.25, -0.2) is 5.06 Å². The first kappa shape index (κ1) is 26.9. The minimum atomic E-state index is -1.35. The van der Waals surface area contributed by atoms with E-state index in [0.29, 0.717) is 22.9 Å². The van der Waals surface area contributed by atoms with Gasteiger partial charge in [-0.05, 0) is 54.6 Å². The molecule has 0 saturated carbocycles. The van der Waals surface area contributed by atoms with E-state index in [2.05, 4.69) is 0 Å². The van der Waals surface area contributed by atoms with E-state index in [-0.39, 0.29) is 12.5 Å². The van der Waals surface area contributed by atoms with Crippen LogP contribution < -0.4 is 24.2 Å². The van der Waals surface area contributed by atoms with Gasteiger partial charge in [-0.1, -0.05) is 54.6 Å². The van der Waals surface area contributed by atoms with Crippen LogP contribution in [0, 0.1) is 5.41 Å². The number of carbonyl (C=O) groups is 2. The van der Waals surface area contributed by atoms with Gasteiger partial charge in [0.1, 0.15) is 42.0 Å². The standard InChI is InChI=1S/C34H30N2O7/c1-39-24-19-17-22(18-20-24)35-28(29(32(35)37)42-25-13-7-4-8-14-25)31-34(33(38)40-2)21-41-27-16-10-9-15-26(27)30(34)36(43-31)23-11-5-3-6-12-23/h3-20,28-31H,21H2,1-2H3/t28-,29+,30+,31+,34+/m1/s1. The maximum Gasteiger partial charge on any atom is 0.320 e. The molecule has 3 aliphatic rings. The molecule has 3 heterocycles. The molecule has 9 heteroatoms. The van der Waals surface area contributed by atoms with Gasteiger partial charge in [0, 0.05) is 11.3 Å². The Bertz CT molecular complexity index is 1630. The van der Waals surface area contributed by atoms with Crippen LogP contribution >= 0.6 is 0 Å². The summed E-state index contributed by atoms with van der Waals surface area (Å²) in [7, 11) is 2.95. The van der Waals surface area contributed by atoms with Gasteiger partial charge in [-0.3, -0.25) is 19.3 Å². The summed E-state index contributed by atoms with van der Waals surface area (Å²) < 4.78 is 23.5. The van der Waals surface area contributed by atoms with E-state index in [0.717, 1.165) is 11.3 Å². The Morgan fingerprint density at radius 2 is 1.49 bits per heavy atom. The lowest BCUT2D eigenvalue weighted by Crippen LogP contribution is -2.74. The predicted molar refractivity (Wildman–Crippen MR) is 158 cm³/mol. The van der Waals surface area contributed by atoms with Gasteiger partial charge in [-0.15, -0.1) is 0 Å². The summed E-state index contributed by atoms with van der Waals surface area (Å²) in [4.78, 5) is 36.5. The molecule has 0 unspecified atom stereocenters. The second-order valence-corrected chi connectivity index (χ2v) is 10.7. The molecule has 1 amide bonds. The summed E-state index contributed by atoms with van der Waals surface area (Å²) >= 11 is 0. The van der Waals surface area contributed by atoms with E-state index in [9.17, 15) is 9.59 Å². The number of hydroxylamine groups is 1. The molecule has 2 fully saturated rings. The number of para-hydroxylation sites is 3. The highest BCUT2D eigenvalue weighted by atomic mass is 16.7. The summed E-state index contributed by atoms with van der Waals surface area (Å²) in [6.07, 6.45) is -1.85. The molecule has 0 radical (unpaired) electrons. The fourth-order valence-electron chi connectivity index (χ4n) is 6.46. The Kier molecular flexibility index (Phi) is 6.66. The first-order valence-electron chi connectivity index (χ1n) is 14.1. The fourth-order valence-corrected chi connectivity index (χ4v) is 6.46. The maximum atomic E-state index is 14.1. The minimum Gasteiger partial charge on any atom is -0.497 e. The quantitative estimate of drug-likeness (QED) is 0.225. The highest BCUT2D eigenvalue weighted by molar-refractivity contribution is 6.05. The number of nitrogens with zero attached hydrogens (tertiary/aromatic N) is 2. The van der Waals surface area contributed by atoms with Crippen LogP contribution in [-0.2, 0) is 19.2 Å². The molecule has 3 aliphatic heterocycles. The van der Waals surface area contributed by atoms with E-state index in [1.807, 2.05) is 72.8 Å². The average Bonchev–Trinajstić information content (AvgIpc) is 3.42. The van der Waals surface area contributed by atoms with Crippen molar-refractivity contribution < 1.29 is 33.4 Å². The van der Waals surface area contributed by atoms with Crippen molar-refractivity contribution in [2.75, 3.05) is 30.8 Å². The van der Waals surface area contributed by atoms with Crippen molar-refractivity contribution in [2.45, 2.75) is 24.3 Å². The minimum absolute atomic E-state index is 0.0193. The van der Waals surface area contributed by atoms with E-state index >= 15 is 0 Å². The number of carbonyl (C=O) groups excluding carboxylic acids is 2. The monoisotopic (exact) mass is 578 g/mol. The number of fused-ring (bicyclic) bond motifs is 3. The fraction of sp³-hybridized carbons (Fsp3) is 0.235. The molecule has 0 N–H and O–H groups in total. The number of benzene rings is 4. The summed E-state index contributed by atoms with van der Waals surface area (Å²) in [6, 6.07) is 32.2. The van der Waals surface area contributed by atoms with Gasteiger partial charge >= 0.3 is 5.97 Å². The van der Waals surface area contributed by atoms with Crippen molar-refractivity contribution in [1.29, 1.82) is 0 Å². The molecular formula is C34H30N2O7. The van der Waals surface area contributed by atoms with Crippen LogP contribution in [0.2, 0.25) is 0 Å². The molecule has 2 saturated heterocycles. The lowest BCUT2D eigenvalue weighted by molar-refractivity contribution is -0.167. The number of anilines is 2. The molecule has 0 bridgehead atoms. The van der Waals surface area contributed by atoms with E-state index < -0.39 is 35.7 Å². The maximum absolute atomic E-state index is 14.1. The van der Waals surface area contributed by atoms with Crippen LogP contribution in [0.1, 0.15) is 11.6 Å². The molecule has 0 aromatic heterocycles. The molecule has 4 aromatic carbocycles. The van der Waals surface area contributed by atoms with Crippen LogP contribution in [0.4, 0.5) is 11.4 Å². The first-order valence-corrected chi connectivity index (χ1v) is 14.1. The van der Waals surface area contributed by atoms with Crippen LogP contribution in [0.5, 0.6) is 17.2 Å². The first-order chi connectivity index (χ1) is 21.1. The average molecular weight is 579 g/mol. The zero-order chi connectivity index (χ0) is 29.6. The summed E-state index contributed by atoms with van der Waals surface area (Å²) in [5, 5.41) is 1.76. The zero-order valence-electron chi connectivity index (χ0n) is 23.7. The van der Waals surface area contributed by atoms with Crippen molar-refractivity contribution in [2.24, 2.45) is 5.41 Å². The SMILES string of the molecule is COC(=O)[C@@]12COc3ccccc3[C@@H]1N(c1ccccc1)O[C@H]2[C@H]1[C@H](Oc2ccccc2)C(=O)N1c1ccc(OC)cc1. The predicted octanol–water partition coefficient (Wildman–Crippen LogP) is 4.97. The van der Waals surface area contributed by atoms with Crippen LogP contribution in [-0.4, -0.2) is 51.0 Å². The molecule has 5 atom stereocenters. The largest absolute Gasteiger partial charge is 0.497 e. The number of methoxy groups -OCH3 is 2. The van der Waals surface area contributed by atoms with E-state index in [4.69, 9.17) is 23.8 Å². The molecular weight excluding hydrogens is 548 g/mol. The Labute approximate surface area is 249 Å². The number of β-lactam (4-membered cyclic amide) rings is 1. The van der Waals surface area contributed by atoms with Crippen molar-refractivity contribution in [3.05, 3.63) is 115 Å². The second-order valence-electron chi connectivity index (χ2n) is 10.7. The van der Waals surface area contributed by atoms with Crippen molar-refractivity contribution >= 4 is 23.3 Å². The van der Waals surface area contributed by atoms with Gasteiger partial charge in [0.15, 0.2) is 5.41 Å². The molecule has 4 aromatic rings. The van der Waals surface area contributed by atoms with Gasteiger partial charge in [0.25, 0.3) is 5.91 Å². The highest BCUT2D eigenvalue weighted by Crippen LogP contribution is 2.58.